The van der Waals surface area contributed by atoms with Gasteiger partial charge in [0.25, 0.3) is 0 Å². The molecule has 1 aliphatic rings. The number of piperidine rings is 1. The zero-order valence-corrected chi connectivity index (χ0v) is 13.9. The molecule has 2 unspecified atom stereocenters. The van der Waals surface area contributed by atoms with E-state index in [4.69, 9.17) is 0 Å². The van der Waals surface area contributed by atoms with Crippen LogP contribution in [-0.4, -0.2) is 37.3 Å². The Morgan fingerprint density at radius 2 is 2.12 bits per heavy atom. The Morgan fingerprint density at radius 3 is 2.79 bits per heavy atom. The highest BCUT2D eigenvalue weighted by Crippen LogP contribution is 2.28. The van der Waals surface area contributed by atoms with Crippen LogP contribution in [0.1, 0.15) is 17.9 Å². The van der Waals surface area contributed by atoms with Crippen LogP contribution in [0.3, 0.4) is 0 Å². The average Bonchev–Trinajstić information content (AvgIpc) is 2.98. The first-order valence-electron chi connectivity index (χ1n) is 7.53. The van der Waals surface area contributed by atoms with Gasteiger partial charge < -0.3 is 5.32 Å². The van der Waals surface area contributed by atoms with Crippen molar-refractivity contribution in [1.82, 2.24) is 19.8 Å². The van der Waals surface area contributed by atoms with Crippen molar-refractivity contribution in [3.8, 4) is 0 Å². The van der Waals surface area contributed by atoms with Gasteiger partial charge in [0.1, 0.15) is 4.90 Å². The topological polar surface area (TPSA) is 76.0 Å². The van der Waals surface area contributed by atoms with Gasteiger partial charge >= 0.3 is 0 Å². The van der Waals surface area contributed by atoms with E-state index in [1.807, 2.05) is 0 Å². The molecule has 2 heterocycles. The summed E-state index contributed by atoms with van der Waals surface area (Å²) in [5.41, 5.74) is 0.578. The molecular formula is C15H18F2N4O2S. The number of aryl methyl sites for hydroxylation is 1. The molecule has 0 amide bonds. The summed E-state index contributed by atoms with van der Waals surface area (Å²) in [5.74, 6) is -2.09. The predicted molar refractivity (Wildman–Crippen MR) is 83.9 cm³/mol. The molecule has 6 nitrogen and oxygen atoms in total. The van der Waals surface area contributed by atoms with Gasteiger partial charge in [-0.1, -0.05) is 6.07 Å². The summed E-state index contributed by atoms with van der Waals surface area (Å²) >= 11 is 0. The Morgan fingerprint density at radius 1 is 1.33 bits per heavy atom. The Hall–Kier alpha value is -1.84. The number of hydrogen-bond donors (Lipinski definition) is 2. The van der Waals surface area contributed by atoms with Crippen LogP contribution < -0.4 is 10.0 Å². The zero-order valence-electron chi connectivity index (χ0n) is 13.0. The molecule has 1 aromatic heterocycles. The number of nitrogens with zero attached hydrogens (tertiary/aromatic N) is 2. The maximum Gasteiger partial charge on any atom is 0.244 e. The van der Waals surface area contributed by atoms with Gasteiger partial charge in [-0.3, -0.25) is 4.68 Å². The molecule has 2 aromatic rings. The molecule has 0 aliphatic carbocycles. The van der Waals surface area contributed by atoms with Crippen LogP contribution in [0.2, 0.25) is 0 Å². The Bertz CT molecular complexity index is 838. The molecule has 1 aromatic carbocycles. The summed E-state index contributed by atoms with van der Waals surface area (Å²) in [6.45, 7) is 1.08. The predicted octanol–water partition coefficient (Wildman–Crippen LogP) is 1.12. The van der Waals surface area contributed by atoms with Crippen molar-refractivity contribution >= 4 is 10.0 Å². The van der Waals surface area contributed by atoms with Crippen molar-refractivity contribution < 1.29 is 17.2 Å². The van der Waals surface area contributed by atoms with Gasteiger partial charge in [0, 0.05) is 31.7 Å². The third-order valence-corrected chi connectivity index (χ3v) is 5.60. The normalized spacial score (nSPS) is 21.8. The lowest BCUT2D eigenvalue weighted by Crippen LogP contribution is -2.49. The molecule has 0 bridgehead atoms. The number of halogens is 2. The lowest BCUT2D eigenvalue weighted by molar-refractivity contribution is 0.376. The molecule has 1 saturated heterocycles. The SMILES string of the molecule is Cn1cc(S(=O)(=O)NC2CNCCC2c2ccc(F)c(F)c2)cn1. The molecule has 24 heavy (non-hydrogen) atoms. The fourth-order valence-electron chi connectivity index (χ4n) is 2.93. The molecule has 1 fully saturated rings. The molecule has 9 heteroatoms. The minimum absolute atomic E-state index is 0.0691. The quantitative estimate of drug-likeness (QED) is 0.861. The number of hydrogen-bond acceptors (Lipinski definition) is 4. The number of sulfonamides is 1. The average molecular weight is 356 g/mol. The van der Waals surface area contributed by atoms with Gasteiger partial charge in [0.05, 0.1) is 6.20 Å². The van der Waals surface area contributed by atoms with Crippen LogP contribution in [0.4, 0.5) is 8.78 Å². The summed E-state index contributed by atoms with van der Waals surface area (Å²) in [7, 11) is -2.11. The molecule has 0 spiro atoms. The molecule has 0 radical (unpaired) electrons. The van der Waals surface area contributed by atoms with Crippen molar-refractivity contribution in [3.05, 3.63) is 47.8 Å². The minimum Gasteiger partial charge on any atom is -0.315 e. The van der Waals surface area contributed by atoms with E-state index in [2.05, 4.69) is 15.1 Å². The first-order valence-corrected chi connectivity index (χ1v) is 9.02. The second-order valence-electron chi connectivity index (χ2n) is 5.85. The van der Waals surface area contributed by atoms with Crippen molar-refractivity contribution in [2.75, 3.05) is 13.1 Å². The summed E-state index contributed by atoms with van der Waals surface area (Å²) in [6.07, 6.45) is 3.29. The highest BCUT2D eigenvalue weighted by atomic mass is 32.2. The van der Waals surface area contributed by atoms with E-state index in [0.717, 1.165) is 12.1 Å². The van der Waals surface area contributed by atoms with Gasteiger partial charge in [-0.05, 0) is 30.7 Å². The molecule has 130 valence electrons. The second-order valence-corrected chi connectivity index (χ2v) is 7.56. The van der Waals surface area contributed by atoms with Crippen LogP contribution in [-0.2, 0) is 17.1 Å². The van der Waals surface area contributed by atoms with Crippen molar-refractivity contribution in [1.29, 1.82) is 0 Å². The molecule has 0 saturated carbocycles. The number of aromatic nitrogens is 2. The third kappa shape index (κ3) is 3.47. The monoisotopic (exact) mass is 356 g/mol. The number of nitrogens with one attached hydrogen (secondary N) is 2. The number of rotatable bonds is 4. The van der Waals surface area contributed by atoms with E-state index < -0.39 is 27.7 Å². The van der Waals surface area contributed by atoms with Crippen LogP contribution in [0.25, 0.3) is 0 Å². The van der Waals surface area contributed by atoms with E-state index in [9.17, 15) is 17.2 Å². The first kappa shape index (κ1) is 17.0. The van der Waals surface area contributed by atoms with Crippen LogP contribution in [0.15, 0.2) is 35.5 Å². The van der Waals surface area contributed by atoms with Crippen LogP contribution >= 0.6 is 0 Å². The van der Waals surface area contributed by atoms with E-state index in [1.165, 1.54) is 23.1 Å². The lowest BCUT2D eigenvalue weighted by atomic mass is 9.86. The largest absolute Gasteiger partial charge is 0.315 e. The van der Waals surface area contributed by atoms with E-state index in [-0.39, 0.29) is 10.8 Å². The van der Waals surface area contributed by atoms with Crippen molar-refractivity contribution in [2.45, 2.75) is 23.3 Å². The highest BCUT2D eigenvalue weighted by molar-refractivity contribution is 7.89. The Kier molecular flexibility index (Phi) is 4.66. The first-order chi connectivity index (χ1) is 11.4. The van der Waals surface area contributed by atoms with Gasteiger partial charge in [-0.15, -0.1) is 0 Å². The van der Waals surface area contributed by atoms with Crippen LogP contribution in [0, 0.1) is 11.6 Å². The van der Waals surface area contributed by atoms with E-state index in [1.54, 1.807) is 7.05 Å². The summed E-state index contributed by atoms with van der Waals surface area (Å²) in [6, 6.07) is 3.24. The van der Waals surface area contributed by atoms with Crippen LogP contribution in [0.5, 0.6) is 0 Å². The van der Waals surface area contributed by atoms with Gasteiger partial charge in [0.2, 0.25) is 10.0 Å². The maximum absolute atomic E-state index is 13.5. The standard InChI is InChI=1S/C15H18F2N4O2S/c1-21-9-11(7-19-21)24(22,23)20-15-8-18-5-4-12(15)10-2-3-13(16)14(17)6-10/h2-3,6-7,9,12,15,18,20H,4-5,8H2,1H3. The fourth-order valence-corrected chi connectivity index (χ4v) is 4.19. The molecule has 2 N–H and O–H groups in total. The Balaban J connectivity index is 1.86. The molecule has 3 rings (SSSR count). The maximum atomic E-state index is 13.5. The van der Waals surface area contributed by atoms with Gasteiger partial charge in [-0.25, -0.2) is 21.9 Å². The Labute approximate surface area is 138 Å². The second kappa shape index (κ2) is 6.58. The molecule has 2 atom stereocenters. The third-order valence-electron chi connectivity index (χ3n) is 4.15. The molecular weight excluding hydrogens is 338 g/mol. The van der Waals surface area contributed by atoms with E-state index >= 15 is 0 Å². The fraction of sp³-hybridized carbons (Fsp3) is 0.400. The lowest BCUT2D eigenvalue weighted by Gasteiger charge is -2.32. The zero-order chi connectivity index (χ0) is 17.3. The summed E-state index contributed by atoms with van der Waals surface area (Å²) in [4.78, 5) is 0.0691. The number of benzene rings is 1. The molecule has 1 aliphatic heterocycles. The smallest absolute Gasteiger partial charge is 0.244 e. The minimum atomic E-state index is -3.74. The summed E-state index contributed by atoms with van der Waals surface area (Å²) in [5, 5.41) is 6.99. The van der Waals surface area contributed by atoms with Crippen molar-refractivity contribution in [2.24, 2.45) is 7.05 Å². The summed E-state index contributed by atoms with van der Waals surface area (Å²) < 4.78 is 55.7. The van der Waals surface area contributed by atoms with E-state index in [0.29, 0.717) is 25.1 Å². The highest BCUT2D eigenvalue weighted by Gasteiger charge is 2.31. The van der Waals surface area contributed by atoms with Gasteiger partial charge in [0.15, 0.2) is 11.6 Å². The van der Waals surface area contributed by atoms with Crippen molar-refractivity contribution in [3.63, 3.8) is 0 Å². The van der Waals surface area contributed by atoms with Gasteiger partial charge in [-0.2, -0.15) is 5.10 Å².